The lowest BCUT2D eigenvalue weighted by molar-refractivity contribution is -0.137. The number of rotatable bonds is 6. The highest BCUT2D eigenvalue weighted by Gasteiger charge is 2.30. The van der Waals surface area contributed by atoms with Crippen molar-refractivity contribution in [2.24, 2.45) is 0 Å². The topological polar surface area (TPSA) is 24.5 Å². The van der Waals surface area contributed by atoms with Gasteiger partial charge in [0, 0.05) is 39.1 Å². The SMILES string of the molecule is FC(F)(F)c1ccc(OC(CCN2CCNCC2)c2ccccc2)cc1. The molecule has 0 aliphatic carbocycles. The maximum absolute atomic E-state index is 12.7. The highest BCUT2D eigenvalue weighted by atomic mass is 19.4. The van der Waals surface area contributed by atoms with Gasteiger partial charge in [0.25, 0.3) is 0 Å². The first-order valence-electron chi connectivity index (χ1n) is 8.84. The minimum absolute atomic E-state index is 0.192. The number of halogens is 3. The molecule has 0 radical (unpaired) electrons. The summed E-state index contributed by atoms with van der Waals surface area (Å²) in [4.78, 5) is 2.38. The van der Waals surface area contributed by atoms with Gasteiger partial charge >= 0.3 is 6.18 Å². The standard InChI is InChI=1S/C20H23F3N2O/c21-20(22,23)17-6-8-18(9-7-17)26-19(16-4-2-1-3-5-16)10-13-25-14-11-24-12-15-25/h1-9,19,24H,10-15H2. The largest absolute Gasteiger partial charge is 0.486 e. The van der Waals surface area contributed by atoms with Gasteiger partial charge in [-0.15, -0.1) is 0 Å². The number of benzene rings is 2. The predicted octanol–water partition coefficient (Wildman–Crippen LogP) is 4.12. The summed E-state index contributed by atoms with van der Waals surface area (Å²) >= 11 is 0. The Kier molecular flexibility index (Phi) is 6.16. The van der Waals surface area contributed by atoms with Crippen LogP contribution < -0.4 is 10.1 Å². The lowest BCUT2D eigenvalue weighted by atomic mass is 10.1. The zero-order valence-corrected chi connectivity index (χ0v) is 14.5. The van der Waals surface area contributed by atoms with Gasteiger partial charge in [-0.3, -0.25) is 0 Å². The van der Waals surface area contributed by atoms with Crippen molar-refractivity contribution in [3.8, 4) is 5.75 Å². The monoisotopic (exact) mass is 364 g/mol. The normalized spacial score (nSPS) is 17.0. The van der Waals surface area contributed by atoms with Crippen molar-refractivity contribution >= 4 is 0 Å². The fraction of sp³-hybridized carbons (Fsp3) is 0.400. The van der Waals surface area contributed by atoms with E-state index in [2.05, 4.69) is 10.2 Å². The van der Waals surface area contributed by atoms with Crippen LogP contribution >= 0.6 is 0 Å². The van der Waals surface area contributed by atoms with E-state index in [1.807, 2.05) is 30.3 Å². The molecule has 0 aromatic heterocycles. The van der Waals surface area contributed by atoms with Crippen LogP contribution in [0.4, 0.5) is 13.2 Å². The van der Waals surface area contributed by atoms with E-state index in [-0.39, 0.29) is 6.10 Å². The van der Waals surface area contributed by atoms with Gasteiger partial charge < -0.3 is 15.0 Å². The quantitative estimate of drug-likeness (QED) is 0.834. The minimum atomic E-state index is -4.33. The fourth-order valence-corrected chi connectivity index (χ4v) is 3.08. The van der Waals surface area contributed by atoms with Crippen LogP contribution in [0.1, 0.15) is 23.7 Å². The van der Waals surface area contributed by atoms with E-state index in [1.165, 1.54) is 12.1 Å². The number of nitrogens with one attached hydrogen (secondary N) is 1. The molecular formula is C20H23F3N2O. The molecule has 1 aliphatic heterocycles. The van der Waals surface area contributed by atoms with Crippen LogP contribution in [-0.4, -0.2) is 37.6 Å². The molecule has 1 heterocycles. The molecule has 140 valence electrons. The van der Waals surface area contributed by atoms with Gasteiger partial charge in [0.05, 0.1) is 5.56 Å². The number of alkyl halides is 3. The Balaban J connectivity index is 1.69. The summed E-state index contributed by atoms with van der Waals surface area (Å²) < 4.78 is 44.2. The molecular weight excluding hydrogens is 341 g/mol. The summed E-state index contributed by atoms with van der Waals surface area (Å²) in [6.07, 6.45) is -3.74. The first-order chi connectivity index (χ1) is 12.5. The predicted molar refractivity (Wildman–Crippen MR) is 95.2 cm³/mol. The molecule has 0 amide bonds. The zero-order valence-electron chi connectivity index (χ0n) is 14.5. The molecule has 1 N–H and O–H groups in total. The molecule has 3 rings (SSSR count). The Labute approximate surface area is 151 Å². The first-order valence-corrected chi connectivity index (χ1v) is 8.84. The van der Waals surface area contributed by atoms with Crippen LogP contribution in [0.25, 0.3) is 0 Å². The lowest BCUT2D eigenvalue weighted by Gasteiger charge is -2.29. The van der Waals surface area contributed by atoms with Gasteiger partial charge in [0.1, 0.15) is 11.9 Å². The van der Waals surface area contributed by atoms with Gasteiger partial charge in [-0.2, -0.15) is 13.2 Å². The number of hydrogen-bond donors (Lipinski definition) is 1. The summed E-state index contributed by atoms with van der Waals surface area (Å²) in [5.74, 6) is 0.451. The van der Waals surface area contributed by atoms with Crippen LogP contribution in [-0.2, 0) is 6.18 Å². The second-order valence-corrected chi connectivity index (χ2v) is 6.42. The number of hydrogen-bond acceptors (Lipinski definition) is 3. The third-order valence-corrected chi connectivity index (χ3v) is 4.55. The number of nitrogens with zero attached hydrogens (tertiary/aromatic N) is 1. The summed E-state index contributed by atoms with van der Waals surface area (Å²) in [7, 11) is 0. The smallest absolute Gasteiger partial charge is 0.416 e. The van der Waals surface area contributed by atoms with Crippen molar-refractivity contribution in [2.75, 3.05) is 32.7 Å². The van der Waals surface area contributed by atoms with Gasteiger partial charge in [-0.1, -0.05) is 30.3 Å². The first kappa shape index (κ1) is 18.7. The van der Waals surface area contributed by atoms with Gasteiger partial charge in [-0.05, 0) is 29.8 Å². The van der Waals surface area contributed by atoms with Crippen LogP contribution in [0.2, 0.25) is 0 Å². The molecule has 0 spiro atoms. The van der Waals surface area contributed by atoms with Crippen molar-refractivity contribution < 1.29 is 17.9 Å². The molecule has 26 heavy (non-hydrogen) atoms. The summed E-state index contributed by atoms with van der Waals surface area (Å²) in [6, 6.07) is 14.7. The molecule has 0 saturated carbocycles. The molecule has 1 unspecified atom stereocenters. The van der Waals surface area contributed by atoms with Crippen molar-refractivity contribution in [2.45, 2.75) is 18.7 Å². The number of ether oxygens (including phenoxy) is 1. The average molecular weight is 364 g/mol. The molecule has 1 fully saturated rings. The third kappa shape index (κ3) is 5.22. The molecule has 6 heteroatoms. The highest BCUT2D eigenvalue weighted by molar-refractivity contribution is 5.30. The van der Waals surface area contributed by atoms with E-state index in [1.54, 1.807) is 0 Å². The Morgan fingerprint density at radius 1 is 0.962 bits per heavy atom. The van der Waals surface area contributed by atoms with E-state index >= 15 is 0 Å². The Hall–Kier alpha value is -2.05. The molecule has 1 saturated heterocycles. The van der Waals surface area contributed by atoms with E-state index in [0.717, 1.165) is 56.8 Å². The van der Waals surface area contributed by atoms with Crippen LogP contribution in [0.3, 0.4) is 0 Å². The fourth-order valence-electron chi connectivity index (χ4n) is 3.08. The van der Waals surface area contributed by atoms with Gasteiger partial charge in [0.2, 0.25) is 0 Å². The van der Waals surface area contributed by atoms with Crippen molar-refractivity contribution in [3.63, 3.8) is 0 Å². The molecule has 1 aliphatic rings. The molecule has 1 atom stereocenters. The van der Waals surface area contributed by atoms with Gasteiger partial charge in [0.15, 0.2) is 0 Å². The molecule has 3 nitrogen and oxygen atoms in total. The van der Waals surface area contributed by atoms with Crippen molar-refractivity contribution in [3.05, 3.63) is 65.7 Å². The zero-order chi connectivity index (χ0) is 18.4. The second kappa shape index (κ2) is 8.56. The average Bonchev–Trinajstić information content (AvgIpc) is 2.66. The molecule has 0 bridgehead atoms. The maximum atomic E-state index is 12.7. The van der Waals surface area contributed by atoms with E-state index in [0.29, 0.717) is 5.75 Å². The Morgan fingerprint density at radius 2 is 1.62 bits per heavy atom. The summed E-state index contributed by atoms with van der Waals surface area (Å²) in [5, 5.41) is 3.33. The van der Waals surface area contributed by atoms with Crippen molar-refractivity contribution in [1.82, 2.24) is 10.2 Å². The van der Waals surface area contributed by atoms with Crippen LogP contribution in [0.5, 0.6) is 5.75 Å². The number of piperazine rings is 1. The lowest BCUT2D eigenvalue weighted by Crippen LogP contribution is -2.44. The minimum Gasteiger partial charge on any atom is -0.486 e. The van der Waals surface area contributed by atoms with Crippen LogP contribution in [0, 0.1) is 0 Å². The summed E-state index contributed by atoms with van der Waals surface area (Å²) in [6.45, 7) is 4.86. The molecule has 2 aromatic rings. The maximum Gasteiger partial charge on any atom is 0.416 e. The second-order valence-electron chi connectivity index (χ2n) is 6.42. The Morgan fingerprint density at radius 3 is 2.23 bits per heavy atom. The van der Waals surface area contributed by atoms with E-state index in [4.69, 9.17) is 4.74 Å². The van der Waals surface area contributed by atoms with Gasteiger partial charge in [-0.25, -0.2) is 0 Å². The van der Waals surface area contributed by atoms with E-state index < -0.39 is 11.7 Å². The highest BCUT2D eigenvalue weighted by Crippen LogP contribution is 2.32. The van der Waals surface area contributed by atoms with E-state index in [9.17, 15) is 13.2 Å². The molecule has 2 aromatic carbocycles. The van der Waals surface area contributed by atoms with Crippen LogP contribution in [0.15, 0.2) is 54.6 Å². The summed E-state index contributed by atoms with van der Waals surface area (Å²) in [5.41, 5.74) is 0.365. The Bertz CT molecular complexity index is 668. The third-order valence-electron chi connectivity index (χ3n) is 4.55. The van der Waals surface area contributed by atoms with Crippen molar-refractivity contribution in [1.29, 1.82) is 0 Å².